The Morgan fingerprint density at radius 3 is 2.35 bits per heavy atom. The molecule has 0 amide bonds. The number of ether oxygens (including phenoxy) is 1. The van der Waals surface area contributed by atoms with Crippen LogP contribution < -0.4 is 9.84 Å². The fraction of sp³-hybridized carbons (Fsp3) is 0.562. The lowest BCUT2D eigenvalue weighted by Gasteiger charge is -2.13. The summed E-state index contributed by atoms with van der Waals surface area (Å²) in [6.07, 6.45) is 6.08. The molecular weight excluding hydrogens is 378 g/mol. The van der Waals surface area contributed by atoms with Gasteiger partial charge < -0.3 is 9.84 Å². The van der Waals surface area contributed by atoms with Crippen LogP contribution in [0.25, 0.3) is 0 Å². The van der Waals surface area contributed by atoms with Crippen LogP contribution in [-0.2, 0) is 10.0 Å². The summed E-state index contributed by atoms with van der Waals surface area (Å²) in [5.74, 6) is -2.86. The average Bonchev–Trinajstić information content (AvgIpc) is 2.53. The lowest BCUT2D eigenvalue weighted by atomic mass is 10.1. The molecule has 26 heavy (non-hydrogen) atoms. The molecule has 1 aromatic carbocycles. The molecule has 1 aromatic rings. The lowest BCUT2D eigenvalue weighted by Crippen LogP contribution is -2.27. The highest BCUT2D eigenvalue weighted by molar-refractivity contribution is 7.91. The van der Waals surface area contributed by atoms with Gasteiger partial charge in [-0.3, -0.25) is 0 Å². The van der Waals surface area contributed by atoms with Crippen molar-refractivity contribution in [2.45, 2.75) is 51.0 Å². The third kappa shape index (κ3) is 6.81. The molecule has 10 heteroatoms. The maximum Gasteiger partial charge on any atom is 0.518 e. The highest BCUT2D eigenvalue weighted by Gasteiger charge is 2.45. The normalized spacial score (nSPS) is 13.0. The molecule has 0 fully saturated rings. The number of sulfonamides is 1. The Kier molecular flexibility index (Phi) is 8.32. The highest BCUT2D eigenvalue weighted by Crippen LogP contribution is 2.25. The van der Waals surface area contributed by atoms with Gasteiger partial charge in [-0.25, -0.2) is 4.39 Å². The number of nitrogens with zero attached hydrogens (tertiary/aromatic N) is 1. The van der Waals surface area contributed by atoms with Crippen molar-refractivity contribution < 1.29 is 35.8 Å². The van der Waals surface area contributed by atoms with Gasteiger partial charge in [0.25, 0.3) is 0 Å². The van der Waals surface area contributed by atoms with Crippen LogP contribution in [0.1, 0.15) is 51.0 Å². The van der Waals surface area contributed by atoms with Crippen LogP contribution in [0.4, 0.5) is 17.6 Å². The van der Waals surface area contributed by atoms with E-state index in [1.807, 2.05) is 0 Å². The van der Waals surface area contributed by atoms with E-state index < -0.39 is 32.8 Å². The molecule has 0 aliphatic carbocycles. The van der Waals surface area contributed by atoms with Crippen LogP contribution in [0.2, 0.25) is 0 Å². The van der Waals surface area contributed by atoms with Crippen molar-refractivity contribution >= 4 is 15.9 Å². The van der Waals surface area contributed by atoms with Gasteiger partial charge in [0.2, 0.25) is 0 Å². The predicted molar refractivity (Wildman–Crippen MR) is 86.8 cm³/mol. The molecule has 0 aromatic heterocycles. The van der Waals surface area contributed by atoms with Crippen molar-refractivity contribution in [2.24, 2.45) is 4.40 Å². The topological polar surface area (TPSA) is 78.8 Å². The van der Waals surface area contributed by atoms with Crippen molar-refractivity contribution in [1.29, 1.82) is 0 Å². The molecule has 0 saturated heterocycles. The molecule has 0 heterocycles. The molecule has 0 saturated carbocycles. The summed E-state index contributed by atoms with van der Waals surface area (Å²) >= 11 is 0. The van der Waals surface area contributed by atoms with E-state index in [0.29, 0.717) is 12.5 Å². The summed E-state index contributed by atoms with van der Waals surface area (Å²) in [5, 5.41) is 11.5. The van der Waals surface area contributed by atoms with Gasteiger partial charge in [-0.2, -0.15) is 26.0 Å². The summed E-state index contributed by atoms with van der Waals surface area (Å²) < 4.78 is 79.5. The Morgan fingerprint density at radius 2 is 1.77 bits per heavy atom. The van der Waals surface area contributed by atoms with Crippen molar-refractivity contribution in [3.63, 3.8) is 0 Å². The molecular formula is C16H20F4NO4S-. The summed E-state index contributed by atoms with van der Waals surface area (Å²) in [7, 11) is -5.97. The third-order valence-electron chi connectivity index (χ3n) is 3.43. The Morgan fingerprint density at radius 1 is 1.15 bits per heavy atom. The highest BCUT2D eigenvalue weighted by atomic mass is 32.2. The van der Waals surface area contributed by atoms with Crippen LogP contribution in [-0.4, -0.2) is 26.4 Å². The molecule has 0 N–H and O–H groups in total. The van der Waals surface area contributed by atoms with Crippen LogP contribution in [0.15, 0.2) is 22.6 Å². The molecule has 5 nitrogen and oxygen atoms in total. The predicted octanol–water partition coefficient (Wildman–Crippen LogP) is 3.52. The number of unbranched alkanes of at least 4 members (excludes halogenated alkanes) is 5. The van der Waals surface area contributed by atoms with E-state index in [9.17, 15) is 31.1 Å². The van der Waals surface area contributed by atoms with Gasteiger partial charge in [-0.05, 0) is 24.1 Å². The maximum absolute atomic E-state index is 13.9. The van der Waals surface area contributed by atoms with Crippen molar-refractivity contribution in [1.82, 2.24) is 0 Å². The second kappa shape index (κ2) is 9.75. The van der Waals surface area contributed by atoms with Gasteiger partial charge in [-0.15, -0.1) is 0 Å². The van der Waals surface area contributed by atoms with Crippen LogP contribution in [0, 0.1) is 5.82 Å². The minimum absolute atomic E-state index is 0.172. The fourth-order valence-electron chi connectivity index (χ4n) is 2.03. The van der Waals surface area contributed by atoms with Gasteiger partial charge in [0.1, 0.15) is 0 Å². The van der Waals surface area contributed by atoms with Crippen LogP contribution >= 0.6 is 0 Å². The Bertz CT molecular complexity index is 717. The molecule has 0 bridgehead atoms. The Balaban J connectivity index is 2.67. The standard InChI is InChI=1S/C16H21F4NO4S/c1-2-3-4-5-6-7-10-25-14-9-8-12(11-13(14)17)15(22)21-26(23,24)16(18,19)20/h8-9,11H,2-7,10H2,1H3,(H,21,22)/p-1. The minimum Gasteiger partial charge on any atom is -0.858 e. The summed E-state index contributed by atoms with van der Waals surface area (Å²) in [5.41, 5.74) is -6.32. The van der Waals surface area contributed by atoms with Crippen molar-refractivity contribution in [3.05, 3.63) is 29.6 Å². The zero-order chi connectivity index (χ0) is 19.8. The van der Waals surface area contributed by atoms with E-state index in [1.165, 1.54) is 0 Å². The number of halogens is 4. The number of hydrogen-bond acceptors (Lipinski definition) is 4. The monoisotopic (exact) mass is 398 g/mol. The van der Waals surface area contributed by atoms with Crippen LogP contribution in [0.5, 0.6) is 5.75 Å². The lowest BCUT2D eigenvalue weighted by molar-refractivity contribution is -0.212. The van der Waals surface area contributed by atoms with Crippen LogP contribution in [0.3, 0.4) is 0 Å². The summed E-state index contributed by atoms with van der Waals surface area (Å²) in [6, 6.07) is 2.60. The van der Waals surface area contributed by atoms with Gasteiger partial charge >= 0.3 is 15.5 Å². The van der Waals surface area contributed by atoms with E-state index in [2.05, 4.69) is 11.3 Å². The first-order valence-corrected chi connectivity index (χ1v) is 9.53. The largest absolute Gasteiger partial charge is 0.858 e. The van der Waals surface area contributed by atoms with Gasteiger partial charge in [-0.1, -0.05) is 45.1 Å². The molecule has 0 aliphatic rings. The van der Waals surface area contributed by atoms with E-state index in [-0.39, 0.29) is 12.4 Å². The zero-order valence-electron chi connectivity index (χ0n) is 14.2. The Hall–Kier alpha value is -1.84. The van der Waals surface area contributed by atoms with Gasteiger partial charge in [0.05, 0.1) is 6.61 Å². The average molecular weight is 398 g/mol. The summed E-state index contributed by atoms with van der Waals surface area (Å²) in [6.45, 7) is 2.36. The number of rotatable bonds is 10. The Labute approximate surface area is 149 Å². The molecule has 0 unspecified atom stereocenters. The molecule has 0 radical (unpaired) electrons. The van der Waals surface area contributed by atoms with Gasteiger partial charge in [0, 0.05) is 5.90 Å². The molecule has 0 spiro atoms. The number of alkyl halides is 3. The second-order valence-corrected chi connectivity index (χ2v) is 7.17. The minimum atomic E-state index is -5.97. The van der Waals surface area contributed by atoms with Crippen molar-refractivity contribution in [3.8, 4) is 5.75 Å². The first kappa shape index (κ1) is 22.2. The quantitative estimate of drug-likeness (QED) is 0.261. The van der Waals surface area contributed by atoms with E-state index in [1.54, 1.807) is 0 Å². The first-order valence-electron chi connectivity index (χ1n) is 8.09. The third-order valence-corrected chi connectivity index (χ3v) is 4.42. The van der Waals surface area contributed by atoms with E-state index in [0.717, 1.165) is 44.2 Å². The fourth-order valence-corrected chi connectivity index (χ4v) is 2.46. The number of hydrogen-bond donors (Lipinski definition) is 0. The second-order valence-electron chi connectivity index (χ2n) is 5.58. The molecule has 1 rings (SSSR count). The molecule has 0 atom stereocenters. The summed E-state index contributed by atoms with van der Waals surface area (Å²) in [4.78, 5) is 0. The van der Waals surface area contributed by atoms with Gasteiger partial charge in [0.15, 0.2) is 11.6 Å². The van der Waals surface area contributed by atoms with Crippen molar-refractivity contribution in [2.75, 3.05) is 6.61 Å². The first-order chi connectivity index (χ1) is 12.1. The number of benzene rings is 1. The molecule has 148 valence electrons. The smallest absolute Gasteiger partial charge is 0.518 e. The molecule has 0 aliphatic heterocycles. The van der Waals surface area contributed by atoms with E-state index >= 15 is 0 Å². The maximum atomic E-state index is 13.9. The van der Waals surface area contributed by atoms with E-state index in [4.69, 9.17) is 4.74 Å². The zero-order valence-corrected chi connectivity index (χ0v) is 15.0. The SMILES string of the molecule is CCCCCCCCOc1ccc(/C([O-])=N/S(=O)(=O)C(F)(F)F)cc1F.